The SMILES string of the molecule is NC(N)(O)c1ccc(=O)n(-c2ccccc2)c1. The highest BCUT2D eigenvalue weighted by Gasteiger charge is 2.18. The average Bonchev–Trinajstić information content (AvgIpc) is 2.29. The van der Waals surface area contributed by atoms with Crippen molar-refractivity contribution in [2.24, 2.45) is 11.5 Å². The molecule has 1 aromatic carbocycles. The summed E-state index contributed by atoms with van der Waals surface area (Å²) in [6, 6.07) is 11.7. The Morgan fingerprint density at radius 3 is 2.29 bits per heavy atom. The lowest BCUT2D eigenvalue weighted by Gasteiger charge is -2.18. The van der Waals surface area contributed by atoms with Crippen LogP contribution in [0.25, 0.3) is 5.69 Å². The van der Waals surface area contributed by atoms with Crippen LogP contribution in [-0.4, -0.2) is 9.67 Å². The summed E-state index contributed by atoms with van der Waals surface area (Å²) in [6.07, 6.45) is 1.43. The molecule has 0 spiro atoms. The second-order valence-electron chi connectivity index (χ2n) is 3.79. The first-order valence-corrected chi connectivity index (χ1v) is 5.07. The molecule has 5 heteroatoms. The van der Waals surface area contributed by atoms with E-state index in [9.17, 15) is 9.90 Å². The summed E-state index contributed by atoms with van der Waals surface area (Å²) < 4.78 is 1.38. The summed E-state index contributed by atoms with van der Waals surface area (Å²) in [5, 5.41) is 9.49. The number of benzene rings is 1. The minimum absolute atomic E-state index is 0.218. The third kappa shape index (κ3) is 2.42. The van der Waals surface area contributed by atoms with Crippen LogP contribution in [0.2, 0.25) is 0 Å². The number of aliphatic hydroxyl groups is 1. The van der Waals surface area contributed by atoms with Crippen molar-refractivity contribution in [1.82, 2.24) is 4.57 Å². The molecule has 1 heterocycles. The number of para-hydroxylation sites is 1. The molecule has 1 aromatic heterocycles. The van der Waals surface area contributed by atoms with Crippen molar-refractivity contribution in [1.29, 1.82) is 0 Å². The molecule has 0 fully saturated rings. The number of nitrogens with zero attached hydrogens (tertiary/aromatic N) is 1. The van der Waals surface area contributed by atoms with Gasteiger partial charge in [0.1, 0.15) is 0 Å². The average molecular weight is 231 g/mol. The Morgan fingerprint density at radius 1 is 1.06 bits per heavy atom. The molecule has 0 bridgehead atoms. The largest absolute Gasteiger partial charge is 0.359 e. The van der Waals surface area contributed by atoms with Gasteiger partial charge in [0.25, 0.3) is 5.56 Å². The fraction of sp³-hybridized carbons (Fsp3) is 0.0833. The molecule has 0 amide bonds. The molecule has 2 aromatic rings. The van der Waals surface area contributed by atoms with Crippen LogP contribution in [0, 0.1) is 0 Å². The molecule has 0 saturated heterocycles. The standard InChI is InChI=1S/C12H13N3O2/c13-12(14,17)9-6-7-11(16)15(8-9)10-4-2-1-3-5-10/h1-8,17H,13-14H2. The first kappa shape index (κ1) is 11.5. The van der Waals surface area contributed by atoms with E-state index in [2.05, 4.69) is 0 Å². The zero-order valence-electron chi connectivity index (χ0n) is 9.08. The highest BCUT2D eigenvalue weighted by Crippen LogP contribution is 2.10. The Hall–Kier alpha value is -1.95. The summed E-state index contributed by atoms with van der Waals surface area (Å²) in [7, 11) is 0. The quantitative estimate of drug-likeness (QED) is 0.627. The number of pyridine rings is 1. The summed E-state index contributed by atoms with van der Waals surface area (Å²) in [6.45, 7) is 0. The molecule has 0 radical (unpaired) electrons. The van der Waals surface area contributed by atoms with Gasteiger partial charge in [0, 0.05) is 23.5 Å². The predicted molar refractivity (Wildman–Crippen MR) is 64.3 cm³/mol. The Morgan fingerprint density at radius 2 is 1.71 bits per heavy atom. The molecular weight excluding hydrogens is 218 g/mol. The van der Waals surface area contributed by atoms with E-state index in [1.807, 2.05) is 18.2 Å². The minimum atomic E-state index is -1.95. The van der Waals surface area contributed by atoms with Gasteiger partial charge in [-0.15, -0.1) is 0 Å². The zero-order chi connectivity index (χ0) is 12.5. The molecule has 2 rings (SSSR count). The van der Waals surface area contributed by atoms with Gasteiger partial charge >= 0.3 is 0 Å². The predicted octanol–water partition coefficient (Wildman–Crippen LogP) is -0.142. The maximum Gasteiger partial charge on any atom is 0.255 e. The van der Waals surface area contributed by atoms with Crippen molar-refractivity contribution in [2.45, 2.75) is 5.85 Å². The maximum absolute atomic E-state index is 11.7. The molecule has 0 unspecified atom stereocenters. The van der Waals surface area contributed by atoms with E-state index in [1.54, 1.807) is 12.1 Å². The summed E-state index contributed by atoms with van der Waals surface area (Å²) in [5.74, 6) is -1.95. The lowest BCUT2D eigenvalue weighted by atomic mass is 10.2. The van der Waals surface area contributed by atoms with Crippen molar-refractivity contribution in [3.05, 3.63) is 64.6 Å². The molecule has 0 aliphatic rings. The van der Waals surface area contributed by atoms with Gasteiger partial charge in [0.15, 0.2) is 5.85 Å². The van der Waals surface area contributed by atoms with Gasteiger partial charge in [0.05, 0.1) is 0 Å². The van der Waals surface area contributed by atoms with Crippen LogP contribution in [0.5, 0.6) is 0 Å². The van der Waals surface area contributed by atoms with Gasteiger partial charge in [-0.25, -0.2) is 0 Å². The zero-order valence-corrected chi connectivity index (χ0v) is 9.08. The third-order valence-electron chi connectivity index (χ3n) is 2.41. The van der Waals surface area contributed by atoms with Gasteiger partial charge in [-0.2, -0.15) is 0 Å². The van der Waals surface area contributed by atoms with E-state index in [4.69, 9.17) is 11.5 Å². The van der Waals surface area contributed by atoms with Crippen LogP contribution < -0.4 is 17.0 Å². The van der Waals surface area contributed by atoms with Gasteiger partial charge in [-0.1, -0.05) is 18.2 Å². The number of rotatable bonds is 2. The van der Waals surface area contributed by atoms with E-state index in [0.29, 0.717) is 5.69 Å². The molecule has 5 nitrogen and oxygen atoms in total. The van der Waals surface area contributed by atoms with Crippen LogP contribution in [0.4, 0.5) is 0 Å². The van der Waals surface area contributed by atoms with Gasteiger partial charge in [-0.3, -0.25) is 20.8 Å². The van der Waals surface area contributed by atoms with Crippen molar-refractivity contribution >= 4 is 0 Å². The van der Waals surface area contributed by atoms with E-state index in [-0.39, 0.29) is 11.1 Å². The molecular formula is C12H13N3O2. The Balaban J connectivity index is 2.59. The molecule has 88 valence electrons. The summed E-state index contributed by atoms with van der Waals surface area (Å²) in [4.78, 5) is 11.7. The third-order valence-corrected chi connectivity index (χ3v) is 2.41. The lowest BCUT2D eigenvalue weighted by molar-refractivity contribution is 0.0503. The van der Waals surface area contributed by atoms with Crippen molar-refractivity contribution in [3.8, 4) is 5.69 Å². The smallest absolute Gasteiger partial charge is 0.255 e. The van der Waals surface area contributed by atoms with E-state index < -0.39 is 5.85 Å². The Labute approximate surface area is 97.9 Å². The number of nitrogens with two attached hydrogens (primary N) is 2. The molecule has 0 aliphatic carbocycles. The van der Waals surface area contributed by atoms with Crippen molar-refractivity contribution in [3.63, 3.8) is 0 Å². The summed E-state index contributed by atoms with van der Waals surface area (Å²) >= 11 is 0. The highest BCUT2D eigenvalue weighted by molar-refractivity contribution is 5.33. The topological polar surface area (TPSA) is 94.3 Å². The first-order chi connectivity index (χ1) is 7.98. The van der Waals surface area contributed by atoms with Crippen LogP contribution in [0.3, 0.4) is 0 Å². The molecule has 0 saturated carbocycles. The van der Waals surface area contributed by atoms with Gasteiger partial charge in [-0.05, 0) is 18.2 Å². The van der Waals surface area contributed by atoms with E-state index in [0.717, 1.165) is 0 Å². The fourth-order valence-corrected chi connectivity index (χ4v) is 1.51. The molecule has 0 aliphatic heterocycles. The normalized spacial score (nSPS) is 11.5. The van der Waals surface area contributed by atoms with Crippen LogP contribution in [0.1, 0.15) is 5.56 Å². The summed E-state index contributed by atoms with van der Waals surface area (Å²) in [5.41, 5.74) is 11.5. The van der Waals surface area contributed by atoms with E-state index in [1.165, 1.54) is 22.9 Å². The second-order valence-corrected chi connectivity index (χ2v) is 3.79. The van der Waals surface area contributed by atoms with E-state index >= 15 is 0 Å². The monoisotopic (exact) mass is 231 g/mol. The minimum Gasteiger partial charge on any atom is -0.359 e. The Bertz CT molecular complexity index is 570. The molecule has 17 heavy (non-hydrogen) atoms. The number of hydrogen-bond acceptors (Lipinski definition) is 4. The highest BCUT2D eigenvalue weighted by atomic mass is 16.3. The lowest BCUT2D eigenvalue weighted by Crippen LogP contribution is -2.46. The first-order valence-electron chi connectivity index (χ1n) is 5.07. The molecule has 5 N–H and O–H groups in total. The van der Waals surface area contributed by atoms with Crippen molar-refractivity contribution < 1.29 is 5.11 Å². The fourth-order valence-electron chi connectivity index (χ4n) is 1.51. The number of hydrogen-bond donors (Lipinski definition) is 3. The van der Waals surface area contributed by atoms with Crippen LogP contribution >= 0.6 is 0 Å². The van der Waals surface area contributed by atoms with Gasteiger partial charge in [0.2, 0.25) is 0 Å². The van der Waals surface area contributed by atoms with Crippen molar-refractivity contribution in [2.75, 3.05) is 0 Å². The van der Waals surface area contributed by atoms with Gasteiger partial charge < -0.3 is 5.11 Å². The maximum atomic E-state index is 11.7. The number of aromatic nitrogens is 1. The second kappa shape index (κ2) is 4.14. The van der Waals surface area contributed by atoms with Crippen LogP contribution in [-0.2, 0) is 5.85 Å². The molecule has 0 atom stereocenters. The Kier molecular flexibility index (Phi) is 2.81. The van der Waals surface area contributed by atoms with Crippen LogP contribution in [0.15, 0.2) is 53.5 Å².